The fourth-order valence-corrected chi connectivity index (χ4v) is 2.72. The van der Waals surface area contributed by atoms with Crippen LogP contribution >= 0.6 is 15.9 Å². The van der Waals surface area contributed by atoms with E-state index in [2.05, 4.69) is 27.3 Å². The van der Waals surface area contributed by atoms with E-state index in [0.717, 1.165) is 22.8 Å². The molecule has 1 atom stereocenters. The van der Waals surface area contributed by atoms with Gasteiger partial charge in [-0.3, -0.25) is 0 Å². The maximum absolute atomic E-state index is 13.8. The normalized spacial score (nSPS) is 12.3. The summed E-state index contributed by atoms with van der Waals surface area (Å²) in [5.74, 6) is -1.20. The molecule has 0 spiro atoms. The second kappa shape index (κ2) is 5.92. The van der Waals surface area contributed by atoms with Gasteiger partial charge in [0, 0.05) is 16.6 Å². The van der Waals surface area contributed by atoms with E-state index in [9.17, 15) is 8.78 Å². The molecule has 106 valence electrons. The van der Waals surface area contributed by atoms with Gasteiger partial charge in [-0.05, 0) is 53.9 Å². The van der Waals surface area contributed by atoms with Crippen molar-refractivity contribution >= 4 is 21.6 Å². The van der Waals surface area contributed by atoms with Crippen molar-refractivity contribution in [3.8, 4) is 0 Å². The number of aryl methyl sites for hydroxylation is 2. The molecule has 0 saturated heterocycles. The topological polar surface area (TPSA) is 12.0 Å². The molecule has 0 bridgehead atoms. The van der Waals surface area contributed by atoms with Crippen LogP contribution in [0.15, 0.2) is 34.8 Å². The van der Waals surface area contributed by atoms with Gasteiger partial charge in [-0.15, -0.1) is 0 Å². The van der Waals surface area contributed by atoms with Crippen molar-refractivity contribution < 1.29 is 8.78 Å². The molecule has 20 heavy (non-hydrogen) atoms. The molecule has 2 aromatic rings. The molecule has 4 heteroatoms. The fraction of sp³-hybridized carbons (Fsp3) is 0.250. The molecule has 1 N–H and O–H groups in total. The fourth-order valence-electron chi connectivity index (χ4n) is 2.20. The number of rotatable bonds is 3. The van der Waals surface area contributed by atoms with Gasteiger partial charge in [-0.25, -0.2) is 8.78 Å². The van der Waals surface area contributed by atoms with Crippen molar-refractivity contribution in [2.24, 2.45) is 0 Å². The summed E-state index contributed by atoms with van der Waals surface area (Å²) < 4.78 is 27.3. The van der Waals surface area contributed by atoms with Crippen LogP contribution in [0.25, 0.3) is 0 Å². The minimum Gasteiger partial charge on any atom is -0.375 e. The van der Waals surface area contributed by atoms with Crippen molar-refractivity contribution in [2.75, 3.05) is 5.32 Å². The quantitative estimate of drug-likeness (QED) is 0.776. The van der Waals surface area contributed by atoms with Crippen LogP contribution in [0.2, 0.25) is 0 Å². The number of nitrogens with one attached hydrogen (secondary N) is 1. The zero-order valence-corrected chi connectivity index (χ0v) is 13.2. The van der Waals surface area contributed by atoms with Crippen LogP contribution in [-0.2, 0) is 0 Å². The number of hydrogen-bond acceptors (Lipinski definition) is 1. The van der Waals surface area contributed by atoms with Gasteiger partial charge in [-0.1, -0.05) is 23.8 Å². The van der Waals surface area contributed by atoms with Crippen molar-refractivity contribution in [2.45, 2.75) is 26.8 Å². The molecule has 0 amide bonds. The van der Waals surface area contributed by atoms with E-state index in [0.29, 0.717) is 4.47 Å². The summed E-state index contributed by atoms with van der Waals surface area (Å²) in [5.41, 5.74) is 3.66. The Bertz CT molecular complexity index is 617. The zero-order chi connectivity index (χ0) is 14.9. The first-order chi connectivity index (χ1) is 9.38. The number of halogens is 3. The Labute approximate surface area is 126 Å². The minimum atomic E-state index is -0.603. The van der Waals surface area contributed by atoms with E-state index in [1.165, 1.54) is 6.07 Å². The molecular formula is C16H16BrF2N. The van der Waals surface area contributed by atoms with E-state index in [1.54, 1.807) is 0 Å². The summed E-state index contributed by atoms with van der Waals surface area (Å²) in [5, 5.41) is 3.10. The summed E-state index contributed by atoms with van der Waals surface area (Å²) in [6.45, 7) is 5.99. The van der Waals surface area contributed by atoms with Gasteiger partial charge >= 0.3 is 0 Å². The summed E-state index contributed by atoms with van der Waals surface area (Å²) in [6, 6.07) is 8.21. The average molecular weight is 340 g/mol. The van der Waals surface area contributed by atoms with E-state index in [4.69, 9.17) is 0 Å². The minimum absolute atomic E-state index is 0.0776. The van der Waals surface area contributed by atoms with Crippen LogP contribution in [0.1, 0.15) is 29.7 Å². The van der Waals surface area contributed by atoms with Crippen LogP contribution in [0.4, 0.5) is 14.5 Å². The highest BCUT2D eigenvalue weighted by Gasteiger charge is 2.14. The van der Waals surface area contributed by atoms with Gasteiger partial charge in [0.15, 0.2) is 0 Å². The van der Waals surface area contributed by atoms with E-state index in [-0.39, 0.29) is 11.7 Å². The third-order valence-corrected chi connectivity index (χ3v) is 3.89. The average Bonchev–Trinajstić information content (AvgIpc) is 2.36. The van der Waals surface area contributed by atoms with Crippen molar-refractivity contribution in [3.05, 3.63) is 63.1 Å². The Morgan fingerprint density at radius 2 is 1.80 bits per heavy atom. The second-order valence-corrected chi connectivity index (χ2v) is 5.82. The number of hydrogen-bond donors (Lipinski definition) is 1. The second-order valence-electron chi connectivity index (χ2n) is 4.97. The smallest absolute Gasteiger partial charge is 0.150 e. The first-order valence-corrected chi connectivity index (χ1v) is 7.16. The lowest BCUT2D eigenvalue weighted by Crippen LogP contribution is -2.10. The molecule has 2 rings (SSSR count). The Balaban J connectivity index is 2.32. The van der Waals surface area contributed by atoms with E-state index < -0.39 is 11.6 Å². The summed E-state index contributed by atoms with van der Waals surface area (Å²) in [4.78, 5) is 0. The Kier molecular flexibility index (Phi) is 4.43. The van der Waals surface area contributed by atoms with Gasteiger partial charge < -0.3 is 5.32 Å². The third-order valence-electron chi connectivity index (χ3n) is 3.27. The molecule has 2 aromatic carbocycles. The molecule has 0 radical (unpaired) electrons. The first kappa shape index (κ1) is 15.0. The van der Waals surface area contributed by atoms with Crippen LogP contribution in [0, 0.1) is 25.5 Å². The standard InChI is InChI=1S/C16H16BrF2N/c1-9-4-5-10(2)13(6-9)11(3)20-16-14(17)7-12(18)8-15(16)19/h4-8,11,20H,1-3H3. The molecule has 0 aliphatic heterocycles. The molecule has 0 heterocycles. The summed E-state index contributed by atoms with van der Waals surface area (Å²) >= 11 is 3.19. The Morgan fingerprint density at radius 1 is 1.10 bits per heavy atom. The first-order valence-electron chi connectivity index (χ1n) is 6.36. The number of benzene rings is 2. The molecule has 1 nitrogen and oxygen atoms in total. The number of anilines is 1. The van der Waals surface area contributed by atoms with Crippen molar-refractivity contribution in [1.82, 2.24) is 0 Å². The van der Waals surface area contributed by atoms with E-state index >= 15 is 0 Å². The molecule has 1 unspecified atom stereocenters. The van der Waals surface area contributed by atoms with Crippen molar-refractivity contribution in [1.29, 1.82) is 0 Å². The van der Waals surface area contributed by atoms with Crippen LogP contribution in [-0.4, -0.2) is 0 Å². The van der Waals surface area contributed by atoms with Gasteiger partial charge in [-0.2, -0.15) is 0 Å². The lowest BCUT2D eigenvalue weighted by atomic mass is 10.00. The predicted octanol–water partition coefficient (Wildman–Crippen LogP) is 5.52. The molecule has 0 saturated carbocycles. The lowest BCUT2D eigenvalue weighted by Gasteiger charge is -2.20. The van der Waals surface area contributed by atoms with Gasteiger partial charge in [0.25, 0.3) is 0 Å². The highest BCUT2D eigenvalue weighted by molar-refractivity contribution is 9.10. The Morgan fingerprint density at radius 3 is 2.45 bits per heavy atom. The highest BCUT2D eigenvalue weighted by atomic mass is 79.9. The maximum atomic E-state index is 13.8. The summed E-state index contributed by atoms with van der Waals surface area (Å²) in [7, 11) is 0. The Hall–Kier alpha value is -1.42. The molecular weight excluding hydrogens is 324 g/mol. The van der Waals surface area contributed by atoms with Gasteiger partial charge in [0.1, 0.15) is 11.6 Å². The molecule has 0 aliphatic rings. The summed E-state index contributed by atoms with van der Waals surface area (Å²) in [6.07, 6.45) is 0. The molecule has 0 fully saturated rings. The SMILES string of the molecule is Cc1ccc(C)c(C(C)Nc2c(F)cc(F)cc2Br)c1. The molecule has 0 aromatic heterocycles. The monoisotopic (exact) mass is 339 g/mol. The van der Waals surface area contributed by atoms with Gasteiger partial charge in [0.05, 0.1) is 5.69 Å². The molecule has 0 aliphatic carbocycles. The van der Waals surface area contributed by atoms with Crippen LogP contribution < -0.4 is 5.32 Å². The lowest BCUT2D eigenvalue weighted by molar-refractivity contribution is 0.582. The van der Waals surface area contributed by atoms with Crippen LogP contribution in [0.3, 0.4) is 0 Å². The largest absolute Gasteiger partial charge is 0.375 e. The van der Waals surface area contributed by atoms with E-state index in [1.807, 2.05) is 32.9 Å². The third kappa shape index (κ3) is 3.18. The van der Waals surface area contributed by atoms with Crippen molar-refractivity contribution in [3.63, 3.8) is 0 Å². The zero-order valence-electron chi connectivity index (χ0n) is 11.6. The highest BCUT2D eigenvalue weighted by Crippen LogP contribution is 2.31. The predicted molar refractivity (Wildman–Crippen MR) is 82.0 cm³/mol. The maximum Gasteiger partial charge on any atom is 0.150 e. The van der Waals surface area contributed by atoms with Crippen LogP contribution in [0.5, 0.6) is 0 Å². The van der Waals surface area contributed by atoms with Gasteiger partial charge in [0.2, 0.25) is 0 Å².